The van der Waals surface area contributed by atoms with Crippen LogP contribution in [0.15, 0.2) is 30.5 Å². The van der Waals surface area contributed by atoms with Crippen molar-refractivity contribution in [2.75, 3.05) is 6.61 Å². The van der Waals surface area contributed by atoms with E-state index in [4.69, 9.17) is 4.74 Å². The molecule has 0 aliphatic heterocycles. The van der Waals surface area contributed by atoms with Crippen molar-refractivity contribution >= 4 is 5.97 Å². The summed E-state index contributed by atoms with van der Waals surface area (Å²) in [5.74, 6) is 0.0347. The second kappa shape index (κ2) is 5.65. The molecule has 0 radical (unpaired) electrons. The Kier molecular flexibility index (Phi) is 3.94. The van der Waals surface area contributed by atoms with Gasteiger partial charge in [0, 0.05) is 0 Å². The molecule has 100 valence electrons. The van der Waals surface area contributed by atoms with Crippen LogP contribution in [0.25, 0.3) is 5.69 Å². The van der Waals surface area contributed by atoms with Gasteiger partial charge in [0.15, 0.2) is 5.69 Å². The van der Waals surface area contributed by atoms with E-state index in [0.717, 1.165) is 5.69 Å². The molecule has 5 heteroatoms. The van der Waals surface area contributed by atoms with E-state index >= 15 is 0 Å². The van der Waals surface area contributed by atoms with Crippen LogP contribution >= 0.6 is 0 Å². The summed E-state index contributed by atoms with van der Waals surface area (Å²) in [5.41, 5.74) is 2.34. The van der Waals surface area contributed by atoms with Gasteiger partial charge in [-0.3, -0.25) is 0 Å². The van der Waals surface area contributed by atoms with Crippen LogP contribution in [0.3, 0.4) is 0 Å². The molecule has 2 aromatic rings. The molecule has 2 rings (SSSR count). The first-order valence-electron chi connectivity index (χ1n) is 6.31. The van der Waals surface area contributed by atoms with Crippen LogP contribution < -0.4 is 0 Å². The third-order valence-electron chi connectivity index (χ3n) is 2.80. The first-order valence-corrected chi connectivity index (χ1v) is 6.31. The first-order chi connectivity index (χ1) is 9.11. The zero-order chi connectivity index (χ0) is 13.8. The lowest BCUT2D eigenvalue weighted by atomic mass is 10.0. The molecular weight excluding hydrogens is 242 g/mol. The highest BCUT2D eigenvalue weighted by Crippen LogP contribution is 2.16. The largest absolute Gasteiger partial charge is 0.461 e. The summed E-state index contributed by atoms with van der Waals surface area (Å²) < 4.78 is 6.44. The maximum absolute atomic E-state index is 11.5. The molecule has 0 saturated heterocycles. The lowest BCUT2D eigenvalue weighted by Crippen LogP contribution is -2.04. The smallest absolute Gasteiger partial charge is 0.360 e. The van der Waals surface area contributed by atoms with Gasteiger partial charge in [0.1, 0.15) is 0 Å². The number of carbonyl (C=O) groups is 1. The molecule has 0 spiro atoms. The summed E-state index contributed by atoms with van der Waals surface area (Å²) in [6, 6.07) is 8.01. The third-order valence-corrected chi connectivity index (χ3v) is 2.80. The number of rotatable bonds is 4. The Morgan fingerprint density at radius 2 is 2.00 bits per heavy atom. The van der Waals surface area contributed by atoms with Crippen molar-refractivity contribution in [1.82, 2.24) is 15.0 Å². The normalized spacial score (nSPS) is 10.7. The second-order valence-electron chi connectivity index (χ2n) is 4.52. The van der Waals surface area contributed by atoms with Gasteiger partial charge in [0.05, 0.1) is 18.5 Å². The van der Waals surface area contributed by atoms with E-state index in [1.54, 1.807) is 17.8 Å². The van der Waals surface area contributed by atoms with E-state index in [2.05, 4.69) is 24.2 Å². The maximum atomic E-state index is 11.5. The zero-order valence-corrected chi connectivity index (χ0v) is 11.3. The van der Waals surface area contributed by atoms with E-state index in [0.29, 0.717) is 12.5 Å². The minimum atomic E-state index is -0.451. The minimum Gasteiger partial charge on any atom is -0.461 e. The van der Waals surface area contributed by atoms with Gasteiger partial charge in [-0.1, -0.05) is 31.2 Å². The van der Waals surface area contributed by atoms with Crippen LogP contribution in [0.2, 0.25) is 0 Å². The minimum absolute atomic E-state index is 0.217. The summed E-state index contributed by atoms with van der Waals surface area (Å²) in [7, 11) is 0. The molecule has 0 N–H and O–H groups in total. The van der Waals surface area contributed by atoms with Crippen LogP contribution in [-0.4, -0.2) is 27.6 Å². The van der Waals surface area contributed by atoms with Crippen molar-refractivity contribution in [3.63, 3.8) is 0 Å². The zero-order valence-electron chi connectivity index (χ0n) is 11.3. The van der Waals surface area contributed by atoms with Crippen molar-refractivity contribution in [2.24, 2.45) is 0 Å². The Morgan fingerprint density at radius 3 is 2.58 bits per heavy atom. The van der Waals surface area contributed by atoms with Crippen molar-refractivity contribution in [2.45, 2.75) is 26.7 Å². The standard InChI is InChI=1S/C14H17N3O2/c1-4-19-14(18)13-9-17(16-15-13)12-7-5-11(6-8-12)10(2)3/h5-10H,4H2,1-3H3. The summed E-state index contributed by atoms with van der Waals surface area (Å²) in [4.78, 5) is 11.5. The van der Waals surface area contributed by atoms with Gasteiger partial charge < -0.3 is 4.74 Å². The molecule has 19 heavy (non-hydrogen) atoms. The van der Waals surface area contributed by atoms with Gasteiger partial charge in [-0.15, -0.1) is 5.10 Å². The lowest BCUT2D eigenvalue weighted by molar-refractivity contribution is 0.0519. The fourth-order valence-corrected chi connectivity index (χ4v) is 1.70. The van der Waals surface area contributed by atoms with Crippen LogP contribution in [0.4, 0.5) is 0 Å². The Hall–Kier alpha value is -2.17. The van der Waals surface area contributed by atoms with Gasteiger partial charge in [-0.25, -0.2) is 9.48 Å². The van der Waals surface area contributed by atoms with Crippen LogP contribution in [0.5, 0.6) is 0 Å². The van der Waals surface area contributed by atoms with Crippen molar-refractivity contribution in [3.05, 3.63) is 41.7 Å². The predicted octanol–water partition coefficient (Wildman–Crippen LogP) is 2.57. The number of nitrogens with zero attached hydrogens (tertiary/aromatic N) is 3. The highest BCUT2D eigenvalue weighted by atomic mass is 16.5. The first kappa shape index (κ1) is 13.3. The molecule has 0 fully saturated rings. The summed E-state index contributed by atoms with van der Waals surface area (Å²) in [6.07, 6.45) is 1.57. The molecule has 1 aromatic carbocycles. The van der Waals surface area contributed by atoms with Gasteiger partial charge in [0.25, 0.3) is 0 Å². The Morgan fingerprint density at radius 1 is 1.32 bits per heavy atom. The molecule has 0 unspecified atom stereocenters. The summed E-state index contributed by atoms with van der Waals surface area (Å²) in [5, 5.41) is 7.74. The summed E-state index contributed by atoms with van der Waals surface area (Å²) in [6.45, 7) is 6.37. The van der Waals surface area contributed by atoms with E-state index < -0.39 is 5.97 Å². The molecule has 1 heterocycles. The Bertz CT molecular complexity index is 558. The van der Waals surface area contributed by atoms with Crippen LogP contribution in [0, 0.1) is 0 Å². The molecule has 0 bridgehead atoms. The molecule has 1 aromatic heterocycles. The number of aromatic nitrogens is 3. The van der Waals surface area contributed by atoms with Crippen LogP contribution in [-0.2, 0) is 4.74 Å². The second-order valence-corrected chi connectivity index (χ2v) is 4.52. The quantitative estimate of drug-likeness (QED) is 0.792. The fourth-order valence-electron chi connectivity index (χ4n) is 1.70. The van der Waals surface area contributed by atoms with Gasteiger partial charge in [-0.05, 0) is 30.5 Å². The average molecular weight is 259 g/mol. The Balaban J connectivity index is 2.20. The predicted molar refractivity (Wildman–Crippen MR) is 71.4 cm³/mol. The number of esters is 1. The molecule has 5 nitrogen and oxygen atoms in total. The molecule has 0 amide bonds. The number of ether oxygens (including phenoxy) is 1. The molecular formula is C14H17N3O2. The fraction of sp³-hybridized carbons (Fsp3) is 0.357. The topological polar surface area (TPSA) is 57.0 Å². The molecule has 0 aliphatic rings. The lowest BCUT2D eigenvalue weighted by Gasteiger charge is -2.06. The van der Waals surface area contributed by atoms with E-state index in [1.807, 2.05) is 24.3 Å². The summed E-state index contributed by atoms with van der Waals surface area (Å²) >= 11 is 0. The van der Waals surface area contributed by atoms with Gasteiger partial charge in [-0.2, -0.15) is 0 Å². The SMILES string of the molecule is CCOC(=O)c1cn(-c2ccc(C(C)C)cc2)nn1. The van der Waals surface area contributed by atoms with Crippen molar-refractivity contribution in [3.8, 4) is 5.69 Å². The Labute approximate surface area is 112 Å². The highest BCUT2D eigenvalue weighted by Gasteiger charge is 2.12. The van der Waals surface area contributed by atoms with E-state index in [1.165, 1.54) is 5.56 Å². The average Bonchev–Trinajstić information content (AvgIpc) is 2.89. The molecule has 0 saturated carbocycles. The van der Waals surface area contributed by atoms with Crippen LogP contribution in [0.1, 0.15) is 42.7 Å². The molecule has 0 atom stereocenters. The highest BCUT2D eigenvalue weighted by molar-refractivity contribution is 5.86. The number of hydrogen-bond donors (Lipinski definition) is 0. The monoisotopic (exact) mass is 259 g/mol. The third kappa shape index (κ3) is 2.99. The van der Waals surface area contributed by atoms with Gasteiger partial charge >= 0.3 is 5.97 Å². The van der Waals surface area contributed by atoms with E-state index in [9.17, 15) is 4.79 Å². The molecule has 0 aliphatic carbocycles. The van der Waals surface area contributed by atoms with E-state index in [-0.39, 0.29) is 5.69 Å². The van der Waals surface area contributed by atoms with Crippen molar-refractivity contribution in [1.29, 1.82) is 0 Å². The maximum Gasteiger partial charge on any atom is 0.360 e. The van der Waals surface area contributed by atoms with Crippen molar-refractivity contribution < 1.29 is 9.53 Å². The number of carbonyl (C=O) groups excluding carboxylic acids is 1. The van der Waals surface area contributed by atoms with Gasteiger partial charge in [0.2, 0.25) is 0 Å². The number of hydrogen-bond acceptors (Lipinski definition) is 4. The number of benzene rings is 1.